The van der Waals surface area contributed by atoms with E-state index in [2.05, 4.69) is 10.3 Å². The number of aliphatic hydroxyl groups is 1. The van der Waals surface area contributed by atoms with Crippen LogP contribution >= 0.6 is 11.8 Å². The van der Waals surface area contributed by atoms with E-state index < -0.39 is 0 Å². The van der Waals surface area contributed by atoms with E-state index >= 15 is 0 Å². The van der Waals surface area contributed by atoms with Crippen LogP contribution in [0.4, 0.5) is 0 Å². The third kappa shape index (κ3) is 4.31. The van der Waals surface area contributed by atoms with Gasteiger partial charge in [0.25, 0.3) is 0 Å². The lowest BCUT2D eigenvalue weighted by atomic mass is 9.93. The van der Waals surface area contributed by atoms with Crippen LogP contribution in [0.2, 0.25) is 0 Å². The number of pyridine rings is 1. The van der Waals surface area contributed by atoms with Crippen molar-refractivity contribution in [2.45, 2.75) is 42.7 Å². The van der Waals surface area contributed by atoms with E-state index in [1.54, 1.807) is 12.4 Å². The molecule has 18 heavy (non-hydrogen) atoms. The Labute approximate surface area is 111 Å². The molecule has 0 aliphatic heterocycles. The van der Waals surface area contributed by atoms with Gasteiger partial charge in [-0.15, -0.1) is 11.8 Å². The average Bonchev–Trinajstić information content (AvgIpc) is 2.40. The number of nitrogens with zero attached hydrogens (tertiary/aromatic N) is 1. The molecule has 0 atom stereocenters. The van der Waals surface area contributed by atoms with Gasteiger partial charge in [0, 0.05) is 23.3 Å². The monoisotopic (exact) mass is 266 g/mol. The quantitative estimate of drug-likeness (QED) is 0.813. The molecule has 1 aliphatic rings. The number of carbonyl (C=O) groups is 1. The van der Waals surface area contributed by atoms with Crippen LogP contribution in [0.25, 0.3) is 0 Å². The minimum absolute atomic E-state index is 0.0678. The maximum Gasteiger partial charge on any atom is 0.230 e. The first kappa shape index (κ1) is 13.4. The second-order valence-electron chi connectivity index (χ2n) is 4.54. The summed E-state index contributed by atoms with van der Waals surface area (Å²) in [5.74, 6) is 0.501. The first-order valence-corrected chi connectivity index (χ1v) is 7.23. The Balaban J connectivity index is 1.69. The molecule has 5 heteroatoms. The van der Waals surface area contributed by atoms with Crippen LogP contribution in [-0.2, 0) is 4.79 Å². The Hall–Kier alpha value is -1.07. The van der Waals surface area contributed by atoms with Crippen molar-refractivity contribution in [3.8, 4) is 0 Å². The third-order valence-electron chi connectivity index (χ3n) is 3.08. The maximum absolute atomic E-state index is 11.8. The summed E-state index contributed by atoms with van der Waals surface area (Å²) in [6.45, 7) is 0. The molecular weight excluding hydrogens is 248 g/mol. The summed E-state index contributed by atoms with van der Waals surface area (Å²) in [5, 5.41) is 12.4. The highest BCUT2D eigenvalue weighted by Crippen LogP contribution is 2.19. The molecule has 0 bridgehead atoms. The van der Waals surface area contributed by atoms with Gasteiger partial charge >= 0.3 is 0 Å². The van der Waals surface area contributed by atoms with Gasteiger partial charge in [0.15, 0.2) is 0 Å². The normalized spacial score (nSPS) is 23.6. The predicted molar refractivity (Wildman–Crippen MR) is 71.4 cm³/mol. The highest BCUT2D eigenvalue weighted by molar-refractivity contribution is 8.00. The van der Waals surface area contributed by atoms with Crippen molar-refractivity contribution in [2.24, 2.45) is 0 Å². The molecule has 1 amide bonds. The molecule has 1 heterocycles. The topological polar surface area (TPSA) is 62.2 Å². The molecule has 2 N–H and O–H groups in total. The van der Waals surface area contributed by atoms with Gasteiger partial charge in [-0.05, 0) is 37.8 Å². The fourth-order valence-corrected chi connectivity index (χ4v) is 2.77. The third-order valence-corrected chi connectivity index (χ3v) is 4.09. The molecular formula is C13H18N2O2S. The molecule has 4 nitrogen and oxygen atoms in total. The Morgan fingerprint density at radius 2 is 2.00 bits per heavy atom. The molecule has 0 aromatic carbocycles. The second-order valence-corrected chi connectivity index (χ2v) is 5.59. The van der Waals surface area contributed by atoms with E-state index in [1.165, 1.54) is 11.8 Å². The zero-order chi connectivity index (χ0) is 12.8. The van der Waals surface area contributed by atoms with Crippen molar-refractivity contribution in [1.29, 1.82) is 0 Å². The van der Waals surface area contributed by atoms with Crippen molar-refractivity contribution in [2.75, 3.05) is 5.75 Å². The number of aliphatic hydroxyl groups excluding tert-OH is 1. The van der Waals surface area contributed by atoms with E-state index in [0.717, 1.165) is 30.6 Å². The maximum atomic E-state index is 11.8. The van der Waals surface area contributed by atoms with Gasteiger partial charge < -0.3 is 10.4 Å². The lowest BCUT2D eigenvalue weighted by Crippen LogP contribution is -2.39. The van der Waals surface area contributed by atoms with Crippen LogP contribution in [0.3, 0.4) is 0 Å². The number of amides is 1. The van der Waals surface area contributed by atoms with Gasteiger partial charge in [-0.2, -0.15) is 0 Å². The summed E-state index contributed by atoms with van der Waals surface area (Å²) >= 11 is 1.52. The highest BCUT2D eigenvalue weighted by atomic mass is 32.2. The van der Waals surface area contributed by atoms with Gasteiger partial charge in [0.05, 0.1) is 11.9 Å². The molecule has 98 valence electrons. The first-order valence-electron chi connectivity index (χ1n) is 6.24. The van der Waals surface area contributed by atoms with Crippen LogP contribution in [0.1, 0.15) is 25.7 Å². The van der Waals surface area contributed by atoms with Gasteiger partial charge in [-0.1, -0.05) is 0 Å². The molecule has 0 radical (unpaired) electrons. The predicted octanol–water partition coefficient (Wildman–Crippen LogP) is 1.59. The molecule has 1 fully saturated rings. The van der Waals surface area contributed by atoms with Crippen molar-refractivity contribution in [1.82, 2.24) is 10.3 Å². The van der Waals surface area contributed by atoms with E-state index in [9.17, 15) is 9.90 Å². The first-order chi connectivity index (χ1) is 8.74. The molecule has 1 aromatic heterocycles. The lowest BCUT2D eigenvalue weighted by Gasteiger charge is -2.26. The zero-order valence-corrected chi connectivity index (χ0v) is 11.0. The molecule has 0 saturated heterocycles. The summed E-state index contributed by atoms with van der Waals surface area (Å²) in [6, 6.07) is 4.03. The standard InChI is InChI=1S/C13H18N2O2S/c16-11-3-1-10(2-4-11)15-13(17)9-18-12-5-7-14-8-6-12/h5-8,10-11,16H,1-4,9H2,(H,15,17). The molecule has 1 saturated carbocycles. The Bertz CT molecular complexity index is 378. The number of rotatable bonds is 4. The summed E-state index contributed by atoms with van der Waals surface area (Å²) < 4.78 is 0. The minimum atomic E-state index is -0.177. The second kappa shape index (κ2) is 6.75. The number of hydrogen-bond acceptors (Lipinski definition) is 4. The summed E-state index contributed by atoms with van der Waals surface area (Å²) in [4.78, 5) is 16.7. The average molecular weight is 266 g/mol. The number of thioether (sulfide) groups is 1. The smallest absolute Gasteiger partial charge is 0.230 e. The minimum Gasteiger partial charge on any atom is -0.393 e. The van der Waals surface area contributed by atoms with Crippen molar-refractivity contribution in [3.63, 3.8) is 0 Å². The van der Waals surface area contributed by atoms with Crippen LogP contribution < -0.4 is 5.32 Å². The molecule has 0 spiro atoms. The van der Waals surface area contributed by atoms with Crippen LogP contribution in [0.5, 0.6) is 0 Å². The van der Waals surface area contributed by atoms with Gasteiger partial charge in [0.2, 0.25) is 5.91 Å². The lowest BCUT2D eigenvalue weighted by molar-refractivity contribution is -0.119. The van der Waals surface area contributed by atoms with E-state index in [1.807, 2.05) is 12.1 Å². The number of aromatic nitrogens is 1. The number of nitrogens with one attached hydrogen (secondary N) is 1. The van der Waals surface area contributed by atoms with Crippen molar-refractivity contribution in [3.05, 3.63) is 24.5 Å². The summed E-state index contributed by atoms with van der Waals surface area (Å²) in [5.41, 5.74) is 0. The summed E-state index contributed by atoms with van der Waals surface area (Å²) in [7, 11) is 0. The fraction of sp³-hybridized carbons (Fsp3) is 0.538. The molecule has 0 unspecified atom stereocenters. The molecule has 1 aromatic rings. The van der Waals surface area contributed by atoms with Gasteiger partial charge in [-0.3, -0.25) is 9.78 Å². The zero-order valence-electron chi connectivity index (χ0n) is 10.2. The van der Waals surface area contributed by atoms with E-state index in [-0.39, 0.29) is 18.1 Å². The van der Waals surface area contributed by atoms with Crippen LogP contribution in [0.15, 0.2) is 29.4 Å². The van der Waals surface area contributed by atoms with Crippen molar-refractivity contribution >= 4 is 17.7 Å². The fourth-order valence-electron chi connectivity index (χ4n) is 2.07. The molecule has 2 rings (SSSR count). The molecule has 1 aliphatic carbocycles. The van der Waals surface area contributed by atoms with Gasteiger partial charge in [0.1, 0.15) is 0 Å². The van der Waals surface area contributed by atoms with E-state index in [0.29, 0.717) is 5.75 Å². The van der Waals surface area contributed by atoms with E-state index in [4.69, 9.17) is 0 Å². The van der Waals surface area contributed by atoms with Crippen LogP contribution in [-0.4, -0.2) is 33.9 Å². The van der Waals surface area contributed by atoms with Crippen molar-refractivity contribution < 1.29 is 9.90 Å². The Kier molecular flexibility index (Phi) is 5.01. The van der Waals surface area contributed by atoms with Gasteiger partial charge in [-0.25, -0.2) is 0 Å². The number of carbonyl (C=O) groups excluding carboxylic acids is 1. The Morgan fingerprint density at radius 1 is 1.33 bits per heavy atom. The number of hydrogen-bond donors (Lipinski definition) is 2. The van der Waals surface area contributed by atoms with Crippen LogP contribution in [0, 0.1) is 0 Å². The summed E-state index contributed by atoms with van der Waals surface area (Å²) in [6.07, 6.45) is 6.63. The highest BCUT2D eigenvalue weighted by Gasteiger charge is 2.20. The largest absolute Gasteiger partial charge is 0.393 e. The Morgan fingerprint density at radius 3 is 2.67 bits per heavy atom. The SMILES string of the molecule is O=C(CSc1ccncc1)NC1CCC(O)CC1.